The number of aromatic nitrogens is 2. The summed E-state index contributed by atoms with van der Waals surface area (Å²) < 4.78 is 6.06. The van der Waals surface area contributed by atoms with E-state index in [0.717, 1.165) is 27.0 Å². The van der Waals surface area contributed by atoms with Gasteiger partial charge in [0.05, 0.1) is 17.5 Å². The van der Waals surface area contributed by atoms with Gasteiger partial charge in [-0.05, 0) is 48.4 Å². The summed E-state index contributed by atoms with van der Waals surface area (Å²) in [5.74, 6) is -1.90. The number of nitrogens with one attached hydrogen (secondary N) is 3. The Bertz CT molecular complexity index is 2010. The van der Waals surface area contributed by atoms with Gasteiger partial charge in [-0.2, -0.15) is 0 Å². The largest absolute Gasteiger partial charge is 0.459 e. The van der Waals surface area contributed by atoms with Crippen LogP contribution in [0.3, 0.4) is 0 Å². The topological polar surface area (TPSA) is 164 Å². The Balaban J connectivity index is 1.01. The molecule has 5 amide bonds. The van der Waals surface area contributed by atoms with Crippen molar-refractivity contribution < 1.29 is 28.4 Å². The standard InChI is InChI=1S/C35H28N6O6/c42-29-13-12-26(33(44)40-29)41-34(45)24-7-3-8-25(31(24)35(41)46)38-18-20-10-11-23(37-17-20)16-30(43)39-32(22-6-4-14-36-19-22)28-15-21-5-1-2-9-27(21)47-28/h1-11,14-15,17,19,26,32,38H,12-13,16,18H2,(H,39,43)(H,40,42,44). The van der Waals surface area contributed by atoms with Crippen LogP contribution in [0.4, 0.5) is 5.69 Å². The van der Waals surface area contributed by atoms with Crippen molar-refractivity contribution in [2.75, 3.05) is 5.32 Å². The summed E-state index contributed by atoms with van der Waals surface area (Å²) in [6.07, 6.45) is 5.16. The van der Waals surface area contributed by atoms with Gasteiger partial charge in [-0.1, -0.05) is 36.4 Å². The van der Waals surface area contributed by atoms with Crippen LogP contribution in [-0.4, -0.2) is 50.4 Å². The average molecular weight is 629 g/mol. The van der Waals surface area contributed by atoms with E-state index < -0.39 is 35.7 Å². The van der Waals surface area contributed by atoms with Crippen molar-refractivity contribution in [1.82, 2.24) is 25.5 Å². The monoisotopic (exact) mass is 628 g/mol. The molecule has 47 heavy (non-hydrogen) atoms. The SMILES string of the molecule is O=C1CCC(N2C(=O)c3cccc(NCc4ccc(CC(=O)NC(c5cccnc5)c5cc6ccccc6o5)nc4)c3C2=O)C(=O)N1. The normalized spacial score (nSPS) is 16.6. The summed E-state index contributed by atoms with van der Waals surface area (Å²) in [6.45, 7) is 0.283. The molecular formula is C35H28N6O6. The Morgan fingerprint density at radius 2 is 1.85 bits per heavy atom. The number of carbonyl (C=O) groups is 5. The maximum Gasteiger partial charge on any atom is 0.264 e. The van der Waals surface area contributed by atoms with Gasteiger partial charge in [-0.3, -0.25) is 44.2 Å². The fourth-order valence-electron chi connectivity index (χ4n) is 5.91. The maximum atomic E-state index is 13.4. The molecule has 12 heteroatoms. The highest BCUT2D eigenvalue weighted by atomic mass is 16.3. The fraction of sp³-hybridized carbons (Fsp3) is 0.171. The molecule has 0 aliphatic carbocycles. The van der Waals surface area contributed by atoms with E-state index in [1.54, 1.807) is 48.9 Å². The second kappa shape index (κ2) is 12.3. The fourth-order valence-corrected chi connectivity index (χ4v) is 5.91. The highest BCUT2D eigenvalue weighted by molar-refractivity contribution is 6.25. The van der Waals surface area contributed by atoms with Gasteiger partial charge >= 0.3 is 0 Å². The highest BCUT2D eigenvalue weighted by Gasteiger charge is 2.45. The summed E-state index contributed by atoms with van der Waals surface area (Å²) in [7, 11) is 0. The molecule has 1 fully saturated rings. The molecular weight excluding hydrogens is 600 g/mol. The van der Waals surface area contributed by atoms with Gasteiger partial charge in [0.15, 0.2) is 0 Å². The lowest BCUT2D eigenvalue weighted by atomic mass is 10.0. The number of fused-ring (bicyclic) bond motifs is 2. The third-order valence-corrected chi connectivity index (χ3v) is 8.23. The van der Waals surface area contributed by atoms with Gasteiger partial charge in [-0.15, -0.1) is 0 Å². The van der Waals surface area contributed by atoms with Crippen LogP contribution in [0.25, 0.3) is 11.0 Å². The molecule has 2 aliphatic heterocycles. The van der Waals surface area contributed by atoms with Gasteiger partial charge in [0, 0.05) is 53.9 Å². The van der Waals surface area contributed by atoms with E-state index in [4.69, 9.17) is 4.42 Å². The summed E-state index contributed by atoms with van der Waals surface area (Å²) in [4.78, 5) is 73.3. The average Bonchev–Trinajstić information content (AvgIpc) is 3.62. The number of benzene rings is 2. The minimum atomic E-state index is -1.04. The Morgan fingerprint density at radius 1 is 0.979 bits per heavy atom. The lowest BCUT2D eigenvalue weighted by Crippen LogP contribution is -2.54. The van der Waals surface area contributed by atoms with Crippen LogP contribution in [0.15, 0.2) is 95.8 Å². The molecule has 0 radical (unpaired) electrons. The molecule has 5 heterocycles. The van der Waals surface area contributed by atoms with Crippen LogP contribution < -0.4 is 16.0 Å². The Kier molecular flexibility index (Phi) is 7.74. The first-order chi connectivity index (χ1) is 22.9. The number of carbonyl (C=O) groups excluding carboxylic acids is 5. The van der Waals surface area contributed by atoms with Crippen LogP contribution >= 0.6 is 0 Å². The van der Waals surface area contributed by atoms with Gasteiger partial charge in [0.2, 0.25) is 17.7 Å². The van der Waals surface area contributed by atoms with Gasteiger partial charge in [0.25, 0.3) is 11.8 Å². The summed E-state index contributed by atoms with van der Waals surface area (Å²) in [5, 5.41) is 9.38. The van der Waals surface area contributed by atoms with Crippen LogP contribution in [0, 0.1) is 0 Å². The number of amides is 5. The molecule has 7 rings (SSSR count). The van der Waals surface area contributed by atoms with E-state index in [1.807, 2.05) is 42.5 Å². The first-order valence-corrected chi connectivity index (χ1v) is 15.1. The van der Waals surface area contributed by atoms with E-state index in [-0.39, 0.29) is 42.8 Å². The van der Waals surface area contributed by atoms with Crippen molar-refractivity contribution >= 4 is 46.2 Å². The van der Waals surface area contributed by atoms with Crippen molar-refractivity contribution in [3.8, 4) is 0 Å². The number of imide groups is 2. The summed E-state index contributed by atoms with van der Waals surface area (Å²) in [6, 6.07) is 20.1. The van der Waals surface area contributed by atoms with Gasteiger partial charge in [0.1, 0.15) is 23.4 Å². The molecule has 2 atom stereocenters. The molecule has 12 nitrogen and oxygen atoms in total. The van der Waals surface area contributed by atoms with Gasteiger partial charge < -0.3 is 15.1 Å². The lowest BCUT2D eigenvalue weighted by molar-refractivity contribution is -0.136. The number of hydrogen-bond donors (Lipinski definition) is 3. The number of nitrogens with zero attached hydrogens (tertiary/aromatic N) is 3. The molecule has 2 aromatic carbocycles. The molecule has 0 spiro atoms. The summed E-state index contributed by atoms with van der Waals surface area (Å²) >= 11 is 0. The molecule has 2 aliphatic rings. The third-order valence-electron chi connectivity index (χ3n) is 8.23. The second-order valence-corrected chi connectivity index (χ2v) is 11.3. The number of rotatable bonds is 9. The van der Waals surface area contributed by atoms with E-state index in [9.17, 15) is 24.0 Å². The van der Waals surface area contributed by atoms with E-state index >= 15 is 0 Å². The van der Waals surface area contributed by atoms with Crippen molar-refractivity contribution in [2.45, 2.75) is 37.9 Å². The number of furan rings is 1. The van der Waals surface area contributed by atoms with Crippen LogP contribution in [-0.2, 0) is 27.3 Å². The molecule has 234 valence electrons. The Labute approximate surface area is 268 Å². The Morgan fingerprint density at radius 3 is 2.62 bits per heavy atom. The first-order valence-electron chi connectivity index (χ1n) is 15.1. The minimum Gasteiger partial charge on any atom is -0.459 e. The molecule has 2 unspecified atom stereocenters. The van der Waals surface area contributed by atoms with Crippen molar-refractivity contribution in [3.63, 3.8) is 0 Å². The number of hydrogen-bond acceptors (Lipinski definition) is 9. The Hall–Kier alpha value is -6.17. The highest BCUT2D eigenvalue weighted by Crippen LogP contribution is 2.33. The van der Waals surface area contributed by atoms with Crippen LogP contribution in [0.1, 0.15) is 62.2 Å². The number of anilines is 1. The molecule has 0 saturated carbocycles. The summed E-state index contributed by atoms with van der Waals surface area (Å²) in [5.41, 5.74) is 3.64. The molecule has 3 aromatic heterocycles. The number of para-hydroxylation sites is 1. The van der Waals surface area contributed by atoms with E-state index in [0.29, 0.717) is 17.1 Å². The number of pyridine rings is 2. The third kappa shape index (κ3) is 5.84. The maximum absolute atomic E-state index is 13.4. The number of piperidine rings is 1. The zero-order valence-electron chi connectivity index (χ0n) is 24.9. The van der Waals surface area contributed by atoms with Gasteiger partial charge in [-0.25, -0.2) is 0 Å². The molecule has 3 N–H and O–H groups in total. The van der Waals surface area contributed by atoms with Crippen molar-refractivity contribution in [1.29, 1.82) is 0 Å². The molecule has 0 bridgehead atoms. The van der Waals surface area contributed by atoms with Crippen LogP contribution in [0.5, 0.6) is 0 Å². The predicted molar refractivity (Wildman–Crippen MR) is 169 cm³/mol. The second-order valence-electron chi connectivity index (χ2n) is 11.3. The molecule has 1 saturated heterocycles. The van der Waals surface area contributed by atoms with Crippen LogP contribution in [0.2, 0.25) is 0 Å². The zero-order valence-corrected chi connectivity index (χ0v) is 24.9. The smallest absolute Gasteiger partial charge is 0.264 e. The minimum absolute atomic E-state index is 0.0314. The lowest BCUT2D eigenvalue weighted by Gasteiger charge is -2.27. The van der Waals surface area contributed by atoms with E-state index in [2.05, 4.69) is 25.9 Å². The quantitative estimate of drug-likeness (QED) is 0.207. The van der Waals surface area contributed by atoms with Crippen molar-refractivity contribution in [2.24, 2.45) is 0 Å². The zero-order chi connectivity index (χ0) is 32.5. The predicted octanol–water partition coefficient (Wildman–Crippen LogP) is 3.68. The molecule has 5 aromatic rings. The van der Waals surface area contributed by atoms with E-state index in [1.165, 1.54) is 0 Å². The first kappa shape index (κ1) is 29.5. The van der Waals surface area contributed by atoms with Crippen molar-refractivity contribution in [3.05, 3.63) is 125 Å².